The fraction of sp³-hybridized carbons (Fsp3) is 1.00. The highest BCUT2D eigenvalue weighted by Gasteiger charge is 2.92. The van der Waals surface area contributed by atoms with Crippen LogP contribution >= 0.6 is 0 Å². The van der Waals surface area contributed by atoms with E-state index in [1.807, 2.05) is 0 Å². The molecule has 0 aromatic rings. The van der Waals surface area contributed by atoms with Crippen LogP contribution in [0.5, 0.6) is 0 Å². The van der Waals surface area contributed by atoms with Crippen LogP contribution in [0, 0.1) is 0 Å². The highest BCUT2D eigenvalue weighted by atomic mass is 19.4. The van der Waals surface area contributed by atoms with Crippen molar-refractivity contribution in [1.82, 2.24) is 9.80 Å². The fourth-order valence-electron chi connectivity index (χ4n) is 1.94. The monoisotopic (exact) mass is 430 g/mol. The minimum Gasteiger partial charge on any atom is -0.188 e. The number of alkyl halides is 16. The molecule has 0 aromatic carbocycles. The molecule has 26 heavy (non-hydrogen) atoms. The average Bonchev–Trinajstić information content (AvgIpc) is 2.17. The molecule has 0 spiro atoms. The lowest BCUT2D eigenvalue weighted by Gasteiger charge is -2.54. The van der Waals surface area contributed by atoms with Crippen molar-refractivity contribution in [3.63, 3.8) is 0 Å². The number of nitrogens with zero attached hydrogens (tertiary/aromatic N) is 2. The normalized spacial score (nSPS) is 26.8. The topological polar surface area (TPSA) is 6.48 Å². The molecule has 1 rings (SSSR count). The van der Waals surface area contributed by atoms with Gasteiger partial charge in [0.25, 0.3) is 0 Å². The van der Waals surface area contributed by atoms with Gasteiger partial charge in [0, 0.05) is 0 Å². The molecule has 1 saturated heterocycles. The molecule has 1 heterocycles. The zero-order valence-electron chi connectivity index (χ0n) is 11.1. The summed E-state index contributed by atoms with van der Waals surface area (Å²) in [5, 5.41) is 0. The van der Waals surface area contributed by atoms with Crippen molar-refractivity contribution in [2.45, 2.75) is 49.1 Å². The van der Waals surface area contributed by atoms with Gasteiger partial charge in [-0.3, -0.25) is 0 Å². The van der Waals surface area contributed by atoms with Crippen LogP contribution in [-0.4, -0.2) is 52.5 Å². The lowest BCUT2D eigenvalue weighted by molar-refractivity contribution is -0.573. The van der Waals surface area contributed by atoms with Gasteiger partial charge in [-0.25, -0.2) is 0 Å². The highest BCUT2D eigenvalue weighted by molar-refractivity contribution is 5.06. The number of halogens is 16. The Kier molecular flexibility index (Phi) is 4.76. The molecular formula is C8H2F16N2. The number of piperazine rings is 1. The predicted octanol–water partition coefficient (Wildman–Crippen LogP) is 5.04. The van der Waals surface area contributed by atoms with Crippen LogP contribution in [-0.2, 0) is 0 Å². The van der Waals surface area contributed by atoms with E-state index in [9.17, 15) is 70.2 Å². The van der Waals surface area contributed by atoms with Gasteiger partial charge in [-0.1, -0.05) is 4.90 Å². The van der Waals surface area contributed by atoms with Gasteiger partial charge in [0.2, 0.25) is 0 Å². The van der Waals surface area contributed by atoms with E-state index in [4.69, 9.17) is 0 Å². The minimum atomic E-state index is -7.51. The fourth-order valence-corrected chi connectivity index (χ4v) is 1.94. The Hall–Kier alpha value is -1.20. The Morgan fingerprint density at radius 2 is 0.769 bits per heavy atom. The molecule has 0 unspecified atom stereocenters. The standard InChI is InChI=1S/C8H2F16N2/c9-2(10,11)1-3(12,13)25-4(14,15)6(18,19)26(8(22,23)24)7(20,21)5(25,16)17/h1H2. The molecule has 0 saturated carbocycles. The smallest absolute Gasteiger partial charge is 0.188 e. The Labute approximate surface area is 130 Å². The first kappa shape index (κ1) is 22.8. The van der Waals surface area contributed by atoms with Crippen LogP contribution in [0.25, 0.3) is 0 Å². The summed E-state index contributed by atoms with van der Waals surface area (Å²) in [5.74, 6) is 0. The molecule has 0 N–H and O–H groups in total. The zero-order valence-corrected chi connectivity index (χ0v) is 11.1. The summed E-state index contributed by atoms with van der Waals surface area (Å²) in [6.45, 7) is 0. The third-order valence-corrected chi connectivity index (χ3v) is 2.84. The summed E-state index contributed by atoms with van der Waals surface area (Å²) in [5.41, 5.74) is 0. The summed E-state index contributed by atoms with van der Waals surface area (Å²) in [4.78, 5) is -7.85. The van der Waals surface area contributed by atoms with E-state index in [1.165, 1.54) is 0 Å². The maximum absolute atomic E-state index is 13.3. The third-order valence-electron chi connectivity index (χ3n) is 2.84. The van der Waals surface area contributed by atoms with E-state index in [-0.39, 0.29) is 0 Å². The quantitative estimate of drug-likeness (QED) is 0.448. The van der Waals surface area contributed by atoms with Gasteiger partial charge in [0.15, 0.2) is 0 Å². The van der Waals surface area contributed by atoms with Crippen LogP contribution in [0.1, 0.15) is 6.42 Å². The molecule has 0 radical (unpaired) electrons. The van der Waals surface area contributed by atoms with E-state index in [2.05, 4.69) is 0 Å². The van der Waals surface area contributed by atoms with E-state index in [0.29, 0.717) is 0 Å². The van der Waals surface area contributed by atoms with E-state index in [1.54, 1.807) is 0 Å². The Bertz CT molecular complexity index is 515. The van der Waals surface area contributed by atoms with Gasteiger partial charge in [0.1, 0.15) is 6.42 Å². The molecule has 0 amide bonds. The van der Waals surface area contributed by atoms with Crippen LogP contribution in [0.15, 0.2) is 0 Å². The van der Waals surface area contributed by atoms with Crippen molar-refractivity contribution in [1.29, 1.82) is 0 Å². The van der Waals surface area contributed by atoms with E-state index < -0.39 is 58.9 Å². The molecule has 1 aliphatic heterocycles. The molecule has 156 valence electrons. The van der Waals surface area contributed by atoms with Crippen molar-refractivity contribution in [3.05, 3.63) is 0 Å². The van der Waals surface area contributed by atoms with Crippen molar-refractivity contribution in [2.24, 2.45) is 0 Å². The number of rotatable bonds is 2. The number of hydrogen-bond donors (Lipinski definition) is 0. The summed E-state index contributed by atoms with van der Waals surface area (Å²) >= 11 is 0. The molecule has 0 aromatic heterocycles. The van der Waals surface area contributed by atoms with Crippen LogP contribution in [0.2, 0.25) is 0 Å². The number of hydrogen-bond acceptors (Lipinski definition) is 2. The van der Waals surface area contributed by atoms with Gasteiger partial charge in [-0.2, -0.15) is 70.2 Å². The van der Waals surface area contributed by atoms with Crippen molar-refractivity contribution < 1.29 is 70.2 Å². The van der Waals surface area contributed by atoms with Crippen molar-refractivity contribution >= 4 is 0 Å². The van der Waals surface area contributed by atoms with Crippen LogP contribution < -0.4 is 0 Å². The maximum Gasteiger partial charge on any atom is 0.469 e. The summed E-state index contributed by atoms with van der Waals surface area (Å²) in [6.07, 6.45) is -17.7. The SMILES string of the molecule is FC(F)(F)CC(F)(F)N1C(F)(F)C(F)(F)N(C(F)(F)F)C(F)(F)C1(F)F. The van der Waals surface area contributed by atoms with E-state index >= 15 is 0 Å². The molecular weight excluding hydrogens is 428 g/mol. The molecule has 0 aliphatic carbocycles. The summed E-state index contributed by atoms with van der Waals surface area (Å²) < 4.78 is 205. The minimum absolute atomic E-state index is 3.86. The largest absolute Gasteiger partial charge is 0.469 e. The third kappa shape index (κ3) is 3.13. The van der Waals surface area contributed by atoms with Crippen molar-refractivity contribution in [2.75, 3.05) is 0 Å². The lowest BCUT2D eigenvalue weighted by atomic mass is 10.1. The van der Waals surface area contributed by atoms with E-state index in [0.717, 1.165) is 0 Å². The first-order valence-electron chi connectivity index (χ1n) is 5.57. The Morgan fingerprint density at radius 1 is 0.500 bits per heavy atom. The predicted molar refractivity (Wildman–Crippen MR) is 45.1 cm³/mol. The molecule has 2 nitrogen and oxygen atoms in total. The lowest BCUT2D eigenvalue weighted by Crippen LogP contribution is -2.85. The van der Waals surface area contributed by atoms with Gasteiger partial charge < -0.3 is 0 Å². The maximum atomic E-state index is 13.3. The average molecular weight is 430 g/mol. The summed E-state index contributed by atoms with van der Waals surface area (Å²) in [7, 11) is 0. The van der Waals surface area contributed by atoms with Gasteiger partial charge in [-0.15, -0.1) is 4.90 Å². The molecule has 0 bridgehead atoms. The second-order valence-electron chi connectivity index (χ2n) is 4.76. The van der Waals surface area contributed by atoms with Crippen LogP contribution in [0.3, 0.4) is 0 Å². The second kappa shape index (κ2) is 5.41. The second-order valence-corrected chi connectivity index (χ2v) is 4.76. The molecule has 1 aliphatic rings. The first-order chi connectivity index (χ1) is 10.9. The zero-order chi connectivity index (χ0) is 21.4. The first-order valence-corrected chi connectivity index (χ1v) is 5.57. The summed E-state index contributed by atoms with van der Waals surface area (Å²) in [6, 6.07) is -36.9. The molecule has 1 fully saturated rings. The van der Waals surface area contributed by atoms with Gasteiger partial charge >= 0.3 is 42.7 Å². The van der Waals surface area contributed by atoms with Crippen LogP contribution in [0.4, 0.5) is 70.2 Å². The van der Waals surface area contributed by atoms with Gasteiger partial charge in [0.05, 0.1) is 0 Å². The Balaban J connectivity index is 3.76. The highest BCUT2D eigenvalue weighted by Crippen LogP contribution is 2.63. The van der Waals surface area contributed by atoms with Crippen molar-refractivity contribution in [3.8, 4) is 0 Å². The molecule has 0 atom stereocenters. The van der Waals surface area contributed by atoms with Gasteiger partial charge in [-0.05, 0) is 0 Å². The Morgan fingerprint density at radius 3 is 1.00 bits per heavy atom. The molecule has 18 heteroatoms.